The molecule has 1 unspecified atom stereocenters. The summed E-state index contributed by atoms with van der Waals surface area (Å²) in [6, 6.07) is 9.55. The average Bonchev–Trinajstić information content (AvgIpc) is 3.22. The quantitative estimate of drug-likeness (QED) is 0.454. The summed E-state index contributed by atoms with van der Waals surface area (Å²) in [7, 11) is 0. The molecule has 3 N–H and O–H groups in total. The Hall–Kier alpha value is -1.39. The van der Waals surface area contributed by atoms with Crippen LogP contribution in [-0.2, 0) is 4.79 Å². The van der Waals surface area contributed by atoms with E-state index in [0.29, 0.717) is 0 Å². The monoisotopic (exact) mass is 247 g/mol. The molecule has 18 heavy (non-hydrogen) atoms. The van der Waals surface area contributed by atoms with Crippen molar-refractivity contribution in [2.24, 2.45) is 11.8 Å². The van der Waals surface area contributed by atoms with Gasteiger partial charge < -0.3 is 0 Å². The SMILES string of the molecule is CCN(CC1CC1)C(C(=O)NN)c1ccccc1. The number of amides is 1. The maximum Gasteiger partial charge on any atom is 0.255 e. The zero-order valence-corrected chi connectivity index (χ0v) is 10.8. The highest BCUT2D eigenvalue weighted by Crippen LogP contribution is 2.32. The molecule has 1 aromatic rings. The molecule has 4 nitrogen and oxygen atoms in total. The van der Waals surface area contributed by atoms with E-state index in [4.69, 9.17) is 5.84 Å². The van der Waals surface area contributed by atoms with E-state index in [1.165, 1.54) is 12.8 Å². The maximum atomic E-state index is 12.0. The molecule has 1 saturated carbocycles. The molecule has 1 aromatic carbocycles. The van der Waals surface area contributed by atoms with Gasteiger partial charge in [0.25, 0.3) is 5.91 Å². The molecule has 0 aliphatic heterocycles. The Bertz CT molecular complexity index is 389. The molecule has 1 fully saturated rings. The van der Waals surface area contributed by atoms with Crippen LogP contribution in [0.2, 0.25) is 0 Å². The number of rotatable bonds is 6. The van der Waals surface area contributed by atoms with Gasteiger partial charge in [0.2, 0.25) is 0 Å². The van der Waals surface area contributed by atoms with E-state index < -0.39 is 0 Å². The lowest BCUT2D eigenvalue weighted by Gasteiger charge is -2.29. The van der Waals surface area contributed by atoms with Crippen molar-refractivity contribution in [2.45, 2.75) is 25.8 Å². The predicted octanol–water partition coefficient (Wildman–Crippen LogP) is 1.45. The normalized spacial score (nSPS) is 16.6. The minimum Gasteiger partial charge on any atom is -0.293 e. The van der Waals surface area contributed by atoms with Crippen molar-refractivity contribution >= 4 is 5.91 Å². The van der Waals surface area contributed by atoms with E-state index in [0.717, 1.165) is 24.6 Å². The topological polar surface area (TPSA) is 58.4 Å². The van der Waals surface area contributed by atoms with Crippen LogP contribution in [0.5, 0.6) is 0 Å². The molecule has 1 atom stereocenters. The van der Waals surface area contributed by atoms with Crippen molar-refractivity contribution in [1.82, 2.24) is 10.3 Å². The number of nitrogens with zero attached hydrogens (tertiary/aromatic N) is 1. The van der Waals surface area contributed by atoms with E-state index in [9.17, 15) is 4.79 Å². The molecule has 1 aliphatic carbocycles. The van der Waals surface area contributed by atoms with Crippen molar-refractivity contribution in [2.75, 3.05) is 13.1 Å². The third-order valence-corrected chi connectivity index (χ3v) is 3.47. The summed E-state index contributed by atoms with van der Waals surface area (Å²) in [6.45, 7) is 3.91. The lowest BCUT2D eigenvalue weighted by atomic mass is 10.0. The second-order valence-corrected chi connectivity index (χ2v) is 4.85. The Morgan fingerprint density at radius 2 is 2.11 bits per heavy atom. The summed E-state index contributed by atoms with van der Waals surface area (Å²) < 4.78 is 0. The summed E-state index contributed by atoms with van der Waals surface area (Å²) in [6.07, 6.45) is 2.56. The average molecular weight is 247 g/mol. The molecule has 0 saturated heterocycles. The Balaban J connectivity index is 2.19. The van der Waals surface area contributed by atoms with Gasteiger partial charge in [0.15, 0.2) is 0 Å². The van der Waals surface area contributed by atoms with Crippen molar-refractivity contribution in [3.05, 3.63) is 35.9 Å². The van der Waals surface area contributed by atoms with Crippen LogP contribution in [0, 0.1) is 5.92 Å². The maximum absolute atomic E-state index is 12.0. The Kier molecular flexibility index (Phi) is 4.33. The molecule has 98 valence electrons. The van der Waals surface area contributed by atoms with Crippen molar-refractivity contribution in [3.63, 3.8) is 0 Å². The van der Waals surface area contributed by atoms with Gasteiger partial charge in [0, 0.05) is 6.54 Å². The van der Waals surface area contributed by atoms with Gasteiger partial charge in [-0.2, -0.15) is 0 Å². The van der Waals surface area contributed by atoms with Gasteiger partial charge in [0.05, 0.1) is 0 Å². The molecule has 2 rings (SSSR count). The van der Waals surface area contributed by atoms with Crippen LogP contribution in [-0.4, -0.2) is 23.9 Å². The van der Waals surface area contributed by atoms with Crippen molar-refractivity contribution in [3.8, 4) is 0 Å². The number of nitrogens with one attached hydrogen (secondary N) is 1. The van der Waals surface area contributed by atoms with Crippen LogP contribution in [0.1, 0.15) is 31.4 Å². The molecule has 0 radical (unpaired) electrons. The number of hydrazine groups is 1. The fraction of sp³-hybridized carbons (Fsp3) is 0.500. The van der Waals surface area contributed by atoms with Crippen LogP contribution >= 0.6 is 0 Å². The molecule has 4 heteroatoms. The first-order valence-corrected chi connectivity index (χ1v) is 6.55. The molecule has 1 amide bonds. The first kappa shape index (κ1) is 13.1. The van der Waals surface area contributed by atoms with Crippen LogP contribution in [0.15, 0.2) is 30.3 Å². The van der Waals surface area contributed by atoms with Gasteiger partial charge in [-0.15, -0.1) is 0 Å². The van der Waals surface area contributed by atoms with Gasteiger partial charge >= 0.3 is 0 Å². The number of carbonyl (C=O) groups excluding carboxylic acids is 1. The fourth-order valence-corrected chi connectivity index (χ4v) is 2.29. The number of hydrogen-bond donors (Lipinski definition) is 2. The van der Waals surface area contributed by atoms with Crippen molar-refractivity contribution in [1.29, 1.82) is 0 Å². The zero-order chi connectivity index (χ0) is 13.0. The summed E-state index contributed by atoms with van der Waals surface area (Å²) in [5.41, 5.74) is 3.29. The lowest BCUT2D eigenvalue weighted by molar-refractivity contribution is -0.126. The Labute approximate surface area is 108 Å². The largest absolute Gasteiger partial charge is 0.293 e. The first-order chi connectivity index (χ1) is 8.76. The van der Waals surface area contributed by atoms with E-state index in [2.05, 4.69) is 17.2 Å². The third kappa shape index (κ3) is 3.09. The summed E-state index contributed by atoms with van der Waals surface area (Å²) in [5, 5.41) is 0. The van der Waals surface area contributed by atoms with Gasteiger partial charge in [-0.25, -0.2) is 5.84 Å². The molecule has 0 spiro atoms. The van der Waals surface area contributed by atoms with Crippen LogP contribution in [0.4, 0.5) is 0 Å². The second-order valence-electron chi connectivity index (χ2n) is 4.85. The highest BCUT2D eigenvalue weighted by molar-refractivity contribution is 5.82. The molecule has 1 aliphatic rings. The van der Waals surface area contributed by atoms with E-state index in [1.54, 1.807) is 0 Å². The lowest BCUT2D eigenvalue weighted by Crippen LogP contribution is -2.44. The standard InChI is InChI=1S/C14H21N3O/c1-2-17(10-11-8-9-11)13(14(18)16-15)12-6-4-3-5-7-12/h3-7,11,13H,2,8-10,15H2,1H3,(H,16,18). The minimum atomic E-state index is -0.276. The van der Waals surface area contributed by atoms with Gasteiger partial charge in [-0.1, -0.05) is 37.3 Å². The predicted molar refractivity (Wildman–Crippen MR) is 71.5 cm³/mol. The van der Waals surface area contributed by atoms with E-state index in [1.807, 2.05) is 30.3 Å². The molecular weight excluding hydrogens is 226 g/mol. The highest BCUT2D eigenvalue weighted by atomic mass is 16.2. The van der Waals surface area contributed by atoms with Crippen LogP contribution < -0.4 is 11.3 Å². The second kappa shape index (κ2) is 5.98. The summed E-state index contributed by atoms with van der Waals surface area (Å²) >= 11 is 0. The molecular formula is C14H21N3O. The van der Waals surface area contributed by atoms with Gasteiger partial charge in [0.1, 0.15) is 6.04 Å². The van der Waals surface area contributed by atoms with Crippen molar-refractivity contribution < 1.29 is 4.79 Å². The van der Waals surface area contributed by atoms with E-state index in [-0.39, 0.29) is 11.9 Å². The van der Waals surface area contributed by atoms with Crippen LogP contribution in [0.25, 0.3) is 0 Å². The number of benzene rings is 1. The Morgan fingerprint density at radius 1 is 1.44 bits per heavy atom. The van der Waals surface area contributed by atoms with E-state index >= 15 is 0 Å². The first-order valence-electron chi connectivity index (χ1n) is 6.55. The van der Waals surface area contributed by atoms with Gasteiger partial charge in [-0.3, -0.25) is 15.1 Å². The summed E-state index contributed by atoms with van der Waals surface area (Å²) in [5.74, 6) is 5.94. The molecule has 0 bridgehead atoms. The van der Waals surface area contributed by atoms with Gasteiger partial charge in [-0.05, 0) is 30.9 Å². The molecule has 0 aromatic heterocycles. The number of nitrogens with two attached hydrogens (primary N) is 1. The highest BCUT2D eigenvalue weighted by Gasteiger charge is 2.31. The Morgan fingerprint density at radius 3 is 2.61 bits per heavy atom. The van der Waals surface area contributed by atoms with Crippen LogP contribution in [0.3, 0.4) is 0 Å². The smallest absolute Gasteiger partial charge is 0.255 e. The third-order valence-electron chi connectivity index (χ3n) is 3.47. The molecule has 0 heterocycles. The summed E-state index contributed by atoms with van der Waals surface area (Å²) in [4.78, 5) is 14.2. The fourth-order valence-electron chi connectivity index (χ4n) is 2.29. The number of likely N-dealkylation sites (N-methyl/N-ethyl adjacent to an activating group) is 1. The number of hydrogen-bond acceptors (Lipinski definition) is 3. The number of carbonyl (C=O) groups is 1. The zero-order valence-electron chi connectivity index (χ0n) is 10.8. The minimum absolute atomic E-state index is 0.135.